The van der Waals surface area contributed by atoms with E-state index < -0.39 is 27.4 Å². The highest BCUT2D eigenvalue weighted by Gasteiger charge is 2.43. The van der Waals surface area contributed by atoms with Gasteiger partial charge in [-0.1, -0.05) is 0 Å². The molecule has 26 heavy (non-hydrogen) atoms. The van der Waals surface area contributed by atoms with Gasteiger partial charge >= 0.3 is 0 Å². The number of ether oxygens (including phenoxy) is 1. The number of sulfonamides is 1. The highest BCUT2D eigenvalue weighted by atomic mass is 32.2. The third-order valence-electron chi connectivity index (χ3n) is 4.62. The molecule has 1 saturated heterocycles. The van der Waals surface area contributed by atoms with Gasteiger partial charge in [-0.2, -0.15) is 0 Å². The maximum atomic E-state index is 12.8. The molecule has 8 nitrogen and oxygen atoms in total. The van der Waals surface area contributed by atoms with Crippen molar-refractivity contribution in [3.05, 3.63) is 29.3 Å². The van der Waals surface area contributed by atoms with Gasteiger partial charge in [0.25, 0.3) is 21.8 Å². The van der Waals surface area contributed by atoms with E-state index in [0.29, 0.717) is 6.61 Å². The number of nitrogens with zero attached hydrogens (tertiary/aromatic N) is 1. The summed E-state index contributed by atoms with van der Waals surface area (Å²) in [7, 11) is -3.99. The summed E-state index contributed by atoms with van der Waals surface area (Å²) in [5.74, 6) is -1.02. The maximum Gasteiger partial charge on any atom is 0.269 e. The molecule has 2 heterocycles. The zero-order chi connectivity index (χ0) is 19.1. The van der Waals surface area contributed by atoms with Crippen LogP contribution in [0.25, 0.3) is 0 Å². The Morgan fingerprint density at radius 3 is 2.77 bits per heavy atom. The maximum absolute atomic E-state index is 12.8. The number of fused-ring (bicyclic) bond motifs is 1. The lowest BCUT2D eigenvalue weighted by Gasteiger charge is -2.24. The van der Waals surface area contributed by atoms with Crippen molar-refractivity contribution in [3.8, 4) is 0 Å². The highest BCUT2D eigenvalue weighted by molar-refractivity contribution is 7.90. The molecule has 2 aliphatic rings. The lowest BCUT2D eigenvalue weighted by Crippen LogP contribution is -2.48. The Bertz CT molecular complexity index is 844. The number of amides is 2. The Balaban J connectivity index is 1.89. The van der Waals surface area contributed by atoms with Crippen LogP contribution in [0, 0.1) is 0 Å². The van der Waals surface area contributed by atoms with Gasteiger partial charge in [-0.25, -0.2) is 12.7 Å². The second-order valence-corrected chi connectivity index (χ2v) is 9.06. The van der Waals surface area contributed by atoms with Crippen LogP contribution in [-0.4, -0.2) is 55.9 Å². The van der Waals surface area contributed by atoms with Crippen LogP contribution in [0.2, 0.25) is 0 Å². The van der Waals surface area contributed by atoms with E-state index in [2.05, 4.69) is 5.32 Å². The molecule has 2 amide bonds. The van der Waals surface area contributed by atoms with Gasteiger partial charge in [-0.05, 0) is 44.9 Å². The van der Waals surface area contributed by atoms with Gasteiger partial charge in [0, 0.05) is 24.3 Å². The molecular weight excluding hydrogens is 358 g/mol. The van der Waals surface area contributed by atoms with Crippen LogP contribution in [0.1, 0.15) is 47.4 Å². The normalized spacial score (nSPS) is 21.7. The highest BCUT2D eigenvalue weighted by Crippen LogP contribution is 2.32. The molecule has 0 spiro atoms. The summed E-state index contributed by atoms with van der Waals surface area (Å²) in [6.45, 7) is 4.33. The van der Waals surface area contributed by atoms with Crippen molar-refractivity contribution < 1.29 is 22.7 Å². The van der Waals surface area contributed by atoms with Crippen molar-refractivity contribution in [2.45, 2.75) is 43.2 Å². The van der Waals surface area contributed by atoms with E-state index >= 15 is 0 Å². The fourth-order valence-electron chi connectivity index (χ4n) is 3.00. The molecule has 1 fully saturated rings. The second kappa shape index (κ2) is 6.64. The zero-order valence-corrected chi connectivity index (χ0v) is 15.6. The van der Waals surface area contributed by atoms with Gasteiger partial charge in [0.1, 0.15) is 4.90 Å². The predicted molar refractivity (Wildman–Crippen MR) is 94.2 cm³/mol. The molecule has 1 unspecified atom stereocenters. The van der Waals surface area contributed by atoms with Crippen LogP contribution < -0.4 is 11.1 Å². The number of nitrogens with one attached hydrogen (secondary N) is 1. The van der Waals surface area contributed by atoms with E-state index in [1.54, 1.807) is 13.8 Å². The van der Waals surface area contributed by atoms with E-state index in [9.17, 15) is 18.0 Å². The fraction of sp³-hybridized carbons (Fsp3) is 0.529. The van der Waals surface area contributed by atoms with E-state index in [0.717, 1.165) is 17.1 Å². The summed E-state index contributed by atoms with van der Waals surface area (Å²) >= 11 is 0. The molecule has 0 radical (unpaired) electrons. The largest absolute Gasteiger partial charge is 0.376 e. The molecule has 0 saturated carbocycles. The number of hydrogen-bond acceptors (Lipinski definition) is 6. The smallest absolute Gasteiger partial charge is 0.269 e. The van der Waals surface area contributed by atoms with Crippen molar-refractivity contribution >= 4 is 21.8 Å². The molecule has 0 aliphatic carbocycles. The van der Waals surface area contributed by atoms with Crippen molar-refractivity contribution in [2.24, 2.45) is 5.73 Å². The average Bonchev–Trinajstić information content (AvgIpc) is 3.16. The molecule has 0 bridgehead atoms. The SMILES string of the molecule is CC(C)(CN)NC(=O)c1ccc2c(c1)S(=O)(=O)N(CC1CCCO1)C2=O. The Morgan fingerprint density at radius 1 is 1.42 bits per heavy atom. The first-order valence-corrected chi connectivity index (χ1v) is 9.95. The molecule has 3 N–H and O–H groups in total. The van der Waals surface area contributed by atoms with Crippen molar-refractivity contribution in [1.29, 1.82) is 0 Å². The van der Waals surface area contributed by atoms with Crippen LogP contribution in [0.4, 0.5) is 0 Å². The summed E-state index contributed by atoms with van der Waals surface area (Å²) < 4.78 is 31.9. The molecule has 1 atom stereocenters. The van der Waals surface area contributed by atoms with Crippen LogP contribution in [-0.2, 0) is 14.8 Å². The third kappa shape index (κ3) is 3.34. The Hall–Kier alpha value is -1.97. The van der Waals surface area contributed by atoms with Crippen LogP contribution >= 0.6 is 0 Å². The van der Waals surface area contributed by atoms with Crippen molar-refractivity contribution in [3.63, 3.8) is 0 Å². The van der Waals surface area contributed by atoms with Crippen molar-refractivity contribution in [1.82, 2.24) is 9.62 Å². The van der Waals surface area contributed by atoms with Gasteiger partial charge in [0.15, 0.2) is 0 Å². The van der Waals surface area contributed by atoms with Gasteiger partial charge in [0.05, 0.1) is 18.2 Å². The fourth-order valence-corrected chi connectivity index (χ4v) is 4.63. The molecular formula is C17H23N3O5S. The summed E-state index contributed by atoms with van der Waals surface area (Å²) in [4.78, 5) is 24.8. The summed E-state index contributed by atoms with van der Waals surface area (Å²) in [5.41, 5.74) is 5.23. The molecule has 9 heteroatoms. The van der Waals surface area contributed by atoms with Gasteiger partial charge in [-0.15, -0.1) is 0 Å². The molecule has 0 aromatic heterocycles. The van der Waals surface area contributed by atoms with Crippen molar-refractivity contribution in [2.75, 3.05) is 19.7 Å². The minimum Gasteiger partial charge on any atom is -0.376 e. The number of benzene rings is 1. The first kappa shape index (κ1) is 18.8. The summed E-state index contributed by atoms with van der Waals surface area (Å²) in [5, 5.41) is 2.74. The standard InChI is InChI=1S/C17H23N3O5S/c1-17(2,10-18)19-15(21)11-5-6-13-14(8-11)26(23,24)20(16(13)22)9-12-4-3-7-25-12/h5-6,8,12H,3-4,7,9-10,18H2,1-2H3,(H,19,21). The first-order valence-electron chi connectivity index (χ1n) is 8.51. The zero-order valence-electron chi connectivity index (χ0n) is 14.8. The monoisotopic (exact) mass is 381 g/mol. The number of hydrogen-bond donors (Lipinski definition) is 2. The topological polar surface area (TPSA) is 119 Å². The quantitative estimate of drug-likeness (QED) is 0.766. The molecule has 3 rings (SSSR count). The van der Waals surface area contributed by atoms with E-state index in [-0.39, 0.29) is 35.2 Å². The van der Waals surface area contributed by atoms with Crippen LogP contribution in [0.15, 0.2) is 23.1 Å². The Labute approximate surface area is 152 Å². The minimum atomic E-state index is -3.99. The predicted octanol–water partition coefficient (Wildman–Crippen LogP) is 0.477. The number of nitrogens with two attached hydrogens (primary N) is 1. The number of rotatable bonds is 5. The number of carbonyl (C=O) groups is 2. The summed E-state index contributed by atoms with van der Waals surface area (Å²) in [6, 6.07) is 4.08. The first-order chi connectivity index (χ1) is 12.2. The van der Waals surface area contributed by atoms with Crippen LogP contribution in [0.3, 0.4) is 0 Å². The lowest BCUT2D eigenvalue weighted by atomic mass is 10.0. The molecule has 1 aromatic rings. The number of carbonyl (C=O) groups excluding carboxylic acids is 2. The molecule has 142 valence electrons. The Morgan fingerprint density at radius 2 is 2.15 bits per heavy atom. The van der Waals surface area contributed by atoms with E-state index in [1.807, 2.05) is 0 Å². The van der Waals surface area contributed by atoms with Gasteiger partial charge < -0.3 is 15.8 Å². The lowest BCUT2D eigenvalue weighted by molar-refractivity contribution is 0.0707. The van der Waals surface area contributed by atoms with Gasteiger partial charge in [-0.3, -0.25) is 9.59 Å². The Kier molecular flexibility index (Phi) is 4.80. The second-order valence-electron chi connectivity index (χ2n) is 7.23. The van der Waals surface area contributed by atoms with Gasteiger partial charge in [0.2, 0.25) is 0 Å². The van der Waals surface area contributed by atoms with E-state index in [4.69, 9.17) is 10.5 Å². The molecule has 2 aliphatic heterocycles. The minimum absolute atomic E-state index is 0.00240. The third-order valence-corrected chi connectivity index (χ3v) is 6.41. The van der Waals surface area contributed by atoms with E-state index in [1.165, 1.54) is 18.2 Å². The molecule has 1 aromatic carbocycles. The average molecular weight is 381 g/mol. The summed E-state index contributed by atoms with van der Waals surface area (Å²) in [6.07, 6.45) is 1.29. The van der Waals surface area contributed by atoms with Crippen LogP contribution in [0.5, 0.6) is 0 Å².